The Morgan fingerprint density at radius 2 is 1.79 bits per heavy atom. The molecule has 0 aliphatic carbocycles. The van der Waals surface area contributed by atoms with E-state index in [0.29, 0.717) is 18.8 Å². The van der Waals surface area contributed by atoms with Crippen LogP contribution in [0.3, 0.4) is 0 Å². The van der Waals surface area contributed by atoms with Gasteiger partial charge >= 0.3 is 11.8 Å². The molecule has 0 saturated carbocycles. The summed E-state index contributed by atoms with van der Waals surface area (Å²) in [5.74, 6) is -3.56. The Morgan fingerprint density at radius 1 is 1.07 bits per heavy atom. The number of carbonyl (C=O) groups excluding carboxylic acids is 3. The number of nitrogens with one attached hydrogen (secondary N) is 1. The Balaban J connectivity index is 1.55. The van der Waals surface area contributed by atoms with Crippen LogP contribution >= 0.6 is 0 Å². The van der Waals surface area contributed by atoms with Crippen molar-refractivity contribution in [3.63, 3.8) is 0 Å². The molecule has 3 amide bonds. The van der Waals surface area contributed by atoms with E-state index in [4.69, 9.17) is 0 Å². The van der Waals surface area contributed by atoms with E-state index in [1.54, 1.807) is 31.2 Å². The topological polar surface area (TPSA) is 69.7 Å². The second-order valence-electron chi connectivity index (χ2n) is 6.90. The number of amides is 3. The summed E-state index contributed by atoms with van der Waals surface area (Å²) < 4.78 is 26.9. The summed E-state index contributed by atoms with van der Waals surface area (Å²) in [5.41, 5.74) is 0.682. The Kier molecular flexibility index (Phi) is 6.21. The normalized spacial score (nSPS) is 15.4. The van der Waals surface area contributed by atoms with E-state index in [0.717, 1.165) is 18.2 Å². The molecule has 0 radical (unpaired) electrons. The highest BCUT2D eigenvalue weighted by Gasteiger charge is 2.34. The van der Waals surface area contributed by atoms with Gasteiger partial charge in [0.2, 0.25) is 5.91 Å². The molecule has 0 spiro atoms. The highest BCUT2D eigenvalue weighted by Crippen LogP contribution is 2.18. The number of benzene rings is 2. The second kappa shape index (κ2) is 8.81. The fraction of sp³-hybridized carbons (Fsp3) is 0.286. The molecule has 1 aliphatic rings. The van der Waals surface area contributed by atoms with Crippen molar-refractivity contribution in [2.24, 2.45) is 5.92 Å². The van der Waals surface area contributed by atoms with Gasteiger partial charge in [0.25, 0.3) is 0 Å². The molecule has 0 unspecified atom stereocenters. The number of hydrogen-bond acceptors (Lipinski definition) is 3. The van der Waals surface area contributed by atoms with Crippen LogP contribution in [-0.4, -0.2) is 42.3 Å². The monoisotopic (exact) mass is 401 g/mol. The van der Waals surface area contributed by atoms with Crippen LogP contribution in [0.1, 0.15) is 12.5 Å². The summed E-state index contributed by atoms with van der Waals surface area (Å²) in [6, 6.07) is 11.9. The lowest BCUT2D eigenvalue weighted by atomic mass is 10.1. The zero-order valence-electron chi connectivity index (χ0n) is 15.9. The van der Waals surface area contributed by atoms with Gasteiger partial charge in [-0.1, -0.05) is 25.1 Å². The predicted octanol–water partition coefficient (Wildman–Crippen LogP) is 2.09. The summed E-state index contributed by atoms with van der Waals surface area (Å²) >= 11 is 0. The lowest BCUT2D eigenvalue weighted by molar-refractivity contribution is -0.147. The van der Waals surface area contributed by atoms with Gasteiger partial charge in [-0.05, 0) is 30.3 Å². The molecular weight excluding hydrogens is 380 g/mol. The molecule has 8 heteroatoms. The third-order valence-corrected chi connectivity index (χ3v) is 4.78. The molecule has 1 saturated heterocycles. The molecular formula is C21H21F2N3O3. The Morgan fingerprint density at radius 3 is 2.52 bits per heavy atom. The Bertz CT molecular complexity index is 921. The van der Waals surface area contributed by atoms with Gasteiger partial charge in [0.15, 0.2) is 0 Å². The fourth-order valence-electron chi connectivity index (χ4n) is 3.15. The first-order valence-electron chi connectivity index (χ1n) is 9.24. The molecule has 1 atom stereocenters. The molecule has 1 fully saturated rings. The zero-order chi connectivity index (χ0) is 21.0. The number of hydrogen-bond donors (Lipinski definition) is 1. The summed E-state index contributed by atoms with van der Waals surface area (Å²) in [4.78, 5) is 39.9. The van der Waals surface area contributed by atoms with Gasteiger partial charge < -0.3 is 15.1 Å². The number of piperazine rings is 1. The van der Waals surface area contributed by atoms with Crippen molar-refractivity contribution in [3.8, 4) is 0 Å². The Labute approximate surface area is 167 Å². The first kappa shape index (κ1) is 20.4. The minimum atomic E-state index is -0.670. The first-order chi connectivity index (χ1) is 13.9. The van der Waals surface area contributed by atoms with Crippen LogP contribution in [0.4, 0.5) is 14.5 Å². The van der Waals surface area contributed by atoms with E-state index in [1.165, 1.54) is 9.80 Å². The molecule has 3 rings (SSSR count). The van der Waals surface area contributed by atoms with Crippen LogP contribution in [0.2, 0.25) is 0 Å². The summed E-state index contributed by atoms with van der Waals surface area (Å²) in [5, 5.41) is 2.54. The molecule has 1 aliphatic heterocycles. The maximum absolute atomic E-state index is 13.7. The molecule has 29 heavy (non-hydrogen) atoms. The predicted molar refractivity (Wildman–Crippen MR) is 103 cm³/mol. The van der Waals surface area contributed by atoms with Gasteiger partial charge in [-0.2, -0.15) is 0 Å². The number of anilines is 1. The minimum Gasteiger partial charge on any atom is -0.352 e. The van der Waals surface area contributed by atoms with Crippen LogP contribution in [0.15, 0.2) is 48.5 Å². The quantitative estimate of drug-likeness (QED) is 0.754. The minimum absolute atomic E-state index is 0.0354. The third kappa shape index (κ3) is 4.77. The number of carbonyl (C=O) groups is 3. The van der Waals surface area contributed by atoms with Crippen molar-refractivity contribution in [2.75, 3.05) is 24.5 Å². The SMILES string of the molecule is C[C@@H](CN1CCN(c2ccccc2)C(=O)C1=O)C(=O)NCc1cc(F)ccc1F. The largest absolute Gasteiger partial charge is 0.352 e. The average Bonchev–Trinajstić information content (AvgIpc) is 2.72. The fourth-order valence-corrected chi connectivity index (χ4v) is 3.15. The maximum atomic E-state index is 13.7. The van der Waals surface area contributed by atoms with Crippen molar-refractivity contribution in [2.45, 2.75) is 13.5 Å². The van der Waals surface area contributed by atoms with E-state index in [1.807, 2.05) is 6.07 Å². The van der Waals surface area contributed by atoms with Crippen molar-refractivity contribution in [1.82, 2.24) is 10.2 Å². The van der Waals surface area contributed by atoms with Crippen LogP contribution in [0.25, 0.3) is 0 Å². The number of rotatable bonds is 6. The van der Waals surface area contributed by atoms with E-state index in [2.05, 4.69) is 5.32 Å². The van der Waals surface area contributed by atoms with Gasteiger partial charge in [0.05, 0.1) is 5.92 Å². The van der Waals surface area contributed by atoms with Crippen LogP contribution in [0.5, 0.6) is 0 Å². The van der Waals surface area contributed by atoms with Crippen molar-refractivity contribution < 1.29 is 23.2 Å². The average molecular weight is 401 g/mol. The van der Waals surface area contributed by atoms with E-state index in [-0.39, 0.29) is 18.7 Å². The third-order valence-electron chi connectivity index (χ3n) is 4.78. The highest BCUT2D eigenvalue weighted by molar-refractivity contribution is 6.41. The highest BCUT2D eigenvalue weighted by atomic mass is 19.1. The molecule has 1 heterocycles. The second-order valence-corrected chi connectivity index (χ2v) is 6.90. The lowest BCUT2D eigenvalue weighted by Crippen LogP contribution is -2.56. The van der Waals surface area contributed by atoms with Crippen molar-refractivity contribution in [1.29, 1.82) is 0 Å². The smallest absolute Gasteiger partial charge is 0.316 e. The van der Waals surface area contributed by atoms with Gasteiger partial charge in [-0.3, -0.25) is 14.4 Å². The van der Waals surface area contributed by atoms with Gasteiger partial charge in [-0.25, -0.2) is 8.78 Å². The number of nitrogens with zero attached hydrogens (tertiary/aromatic N) is 2. The molecule has 2 aromatic rings. The van der Waals surface area contributed by atoms with Crippen molar-refractivity contribution in [3.05, 3.63) is 65.7 Å². The first-order valence-corrected chi connectivity index (χ1v) is 9.24. The molecule has 0 bridgehead atoms. The lowest BCUT2D eigenvalue weighted by Gasteiger charge is -2.34. The Hall–Kier alpha value is -3.29. The molecule has 6 nitrogen and oxygen atoms in total. The van der Waals surface area contributed by atoms with Gasteiger partial charge in [-0.15, -0.1) is 0 Å². The van der Waals surface area contributed by atoms with Gasteiger partial charge in [0, 0.05) is 37.4 Å². The van der Waals surface area contributed by atoms with E-state index >= 15 is 0 Å². The molecule has 0 aromatic heterocycles. The molecule has 1 N–H and O–H groups in total. The van der Waals surface area contributed by atoms with Crippen LogP contribution < -0.4 is 10.2 Å². The van der Waals surface area contributed by atoms with Crippen LogP contribution in [-0.2, 0) is 20.9 Å². The van der Waals surface area contributed by atoms with Crippen molar-refractivity contribution >= 4 is 23.4 Å². The van der Waals surface area contributed by atoms with Crippen LogP contribution in [0, 0.1) is 17.6 Å². The summed E-state index contributed by atoms with van der Waals surface area (Å²) in [7, 11) is 0. The number of para-hydroxylation sites is 1. The summed E-state index contributed by atoms with van der Waals surface area (Å²) in [6.45, 7) is 2.14. The number of halogens is 2. The van der Waals surface area contributed by atoms with Gasteiger partial charge in [0.1, 0.15) is 11.6 Å². The summed E-state index contributed by atoms with van der Waals surface area (Å²) in [6.07, 6.45) is 0. The molecule has 152 valence electrons. The van der Waals surface area contributed by atoms with E-state index < -0.39 is 35.3 Å². The zero-order valence-corrected chi connectivity index (χ0v) is 15.9. The maximum Gasteiger partial charge on any atom is 0.316 e. The molecule has 2 aromatic carbocycles. The standard InChI is InChI=1S/C21H21F2N3O3/c1-14(19(27)24-12-15-11-16(22)7-8-18(15)23)13-25-9-10-26(21(29)20(25)28)17-5-3-2-4-6-17/h2-8,11,14H,9-10,12-13H2,1H3,(H,24,27)/t14-/m0/s1. The van der Waals surface area contributed by atoms with E-state index in [9.17, 15) is 23.2 Å².